The van der Waals surface area contributed by atoms with E-state index in [4.69, 9.17) is 80.6 Å². The number of piperidine rings is 2. The van der Waals surface area contributed by atoms with Crippen molar-refractivity contribution in [1.29, 1.82) is 0 Å². The van der Waals surface area contributed by atoms with Crippen LogP contribution < -0.4 is 82.7 Å². The van der Waals surface area contributed by atoms with E-state index in [-0.39, 0.29) is 52.7 Å². The zero-order valence-corrected chi connectivity index (χ0v) is 80.7. The number of carbonyl (C=O) groups excluding carboxylic acids is 2. The Balaban J connectivity index is 0.000000238. The van der Waals surface area contributed by atoms with Crippen LogP contribution in [-0.4, -0.2) is 329 Å². The standard InChI is InChI=1S/2C22H31N7O3.C17H22N8O.C17H25N7O.4C2HF3O2/c2*1-4-6-12-29-17-18(25-22(29)27-13-9-23-10-14-27)24-21(26(3)19(17)30)28-11-7-8-16(15-28)20(31)32-5-2;1-5-6-9-25-13-14(21-17(25)24-10-7-19-8-11-24)20-16(22(3)12-18-2)23(4)15(13)26;1-5-7-10-24-13-14(20-17(24)23-11-8-18-9-12-23)19-16(21(3)6-2)22(4)15(13)25;4*3-2(4,5)1(6)7/h2*16,23H,5,7-15H2,1-3H3;19H,7-12H2,1,3-4H3;18H,6,8-12H2,1-4H3;4*(H,6,7)/t2*16-;;;;;;/m10....../s1. The van der Waals surface area contributed by atoms with E-state index in [9.17, 15) is 81.5 Å². The van der Waals surface area contributed by atoms with Gasteiger partial charge >= 0.3 is 60.5 Å². The molecule has 0 aromatic carbocycles. The van der Waals surface area contributed by atoms with Crippen molar-refractivity contribution in [2.24, 2.45) is 40.0 Å². The second-order valence-corrected chi connectivity index (χ2v) is 31.7. The van der Waals surface area contributed by atoms with Crippen molar-refractivity contribution in [2.45, 2.75) is 125 Å². The first-order chi connectivity index (χ1) is 67.5. The van der Waals surface area contributed by atoms with Crippen LogP contribution in [0, 0.1) is 65.8 Å². The van der Waals surface area contributed by atoms with Crippen molar-refractivity contribution in [3.8, 4) is 47.4 Å². The maximum absolute atomic E-state index is 13.5. The number of alkyl halides is 12. The summed E-state index contributed by atoms with van der Waals surface area (Å²) in [4.78, 5) is 170. The van der Waals surface area contributed by atoms with Crippen molar-refractivity contribution in [1.82, 2.24) is 97.7 Å². The summed E-state index contributed by atoms with van der Waals surface area (Å²) in [5.41, 5.74) is 3.04. The molecule has 14 rings (SSSR count). The van der Waals surface area contributed by atoms with E-state index in [0.29, 0.717) is 121 Å². The summed E-state index contributed by atoms with van der Waals surface area (Å²) in [6.07, 6.45) is -17.1. The molecule has 0 bridgehead atoms. The Hall–Kier alpha value is -14.7. The molecule has 57 heteroatoms. The molecule has 8 N–H and O–H groups in total. The zero-order chi connectivity index (χ0) is 106. The molecule has 0 spiro atoms. The van der Waals surface area contributed by atoms with E-state index in [0.717, 1.165) is 174 Å². The largest absolute Gasteiger partial charge is 0.490 e. The van der Waals surface area contributed by atoms with E-state index in [1.165, 1.54) is 4.57 Å². The van der Waals surface area contributed by atoms with Crippen molar-refractivity contribution in [3.63, 3.8) is 0 Å². The third-order valence-corrected chi connectivity index (χ3v) is 22.1. The number of esters is 2. The molecule has 2 atom stereocenters. The average molecular weight is 2040 g/mol. The fourth-order valence-electron chi connectivity index (χ4n) is 15.0. The summed E-state index contributed by atoms with van der Waals surface area (Å²) >= 11 is 0. The molecule has 0 amide bonds. The van der Waals surface area contributed by atoms with Crippen LogP contribution in [0.4, 0.5) is 100 Å². The highest BCUT2D eigenvalue weighted by Crippen LogP contribution is 2.31. The molecular weight excluding hydrogens is 1920 g/mol. The predicted molar refractivity (Wildman–Crippen MR) is 502 cm³/mol. The van der Waals surface area contributed by atoms with Crippen LogP contribution in [0.5, 0.6) is 0 Å². The van der Waals surface area contributed by atoms with Gasteiger partial charge < -0.3 is 85.5 Å². The van der Waals surface area contributed by atoms with Gasteiger partial charge in [-0.25, -0.2) is 25.8 Å². The van der Waals surface area contributed by atoms with Gasteiger partial charge in [0.1, 0.15) is 0 Å². The number of ether oxygens (including phenoxy) is 2. The highest BCUT2D eigenvalue weighted by molar-refractivity contribution is 5.81. The Bertz CT molecular complexity index is 6090. The smallest absolute Gasteiger partial charge is 0.475 e. The highest BCUT2D eigenvalue weighted by atomic mass is 19.4. The number of carboxylic acids is 4. The molecule has 6 aliphatic heterocycles. The number of carboxylic acid groups (broad SMARTS) is 4. The summed E-state index contributed by atoms with van der Waals surface area (Å²) < 4.78 is 151. The van der Waals surface area contributed by atoms with Crippen LogP contribution in [0.2, 0.25) is 0 Å². The SMILES string of the molecule is CC#CCn1c(N2CCNCC2)nc2nc(N(C)CC)n(C)c(=O)c21.CC#CCn1c(N2CCNCC2)nc2nc(N3CCC[C@@H](C(=O)OCC)C3)n(C)c(=O)c21.CC#CCn1c(N2CCNCC2)nc2nc(N3CCC[C@H](C(=O)OCC)C3)n(C)c(=O)c21.O=C(O)C(F)(F)F.O=C(O)C(F)(F)F.O=C(O)C(F)(F)F.O=C(O)C(F)(F)F.[C-]#[N+]CN(C)c1nc2nc(N3CCNCC3)n(CC#CC)c2c(=O)n1C. The molecule has 8 aromatic rings. The van der Waals surface area contributed by atoms with Crippen molar-refractivity contribution < 1.29 is 111 Å². The quantitative estimate of drug-likeness (QED) is 0.0265. The van der Waals surface area contributed by atoms with Crippen LogP contribution in [0.25, 0.3) is 49.5 Å². The van der Waals surface area contributed by atoms with Crippen LogP contribution in [0.1, 0.15) is 74.1 Å². The van der Waals surface area contributed by atoms with Gasteiger partial charge in [0.15, 0.2) is 44.7 Å². The average Bonchev–Trinajstić information content (AvgIpc) is 1.62. The summed E-state index contributed by atoms with van der Waals surface area (Å²) in [5, 5.41) is 41.8. The number of anilines is 8. The molecule has 45 nitrogen and oxygen atoms in total. The second kappa shape index (κ2) is 52.7. The summed E-state index contributed by atoms with van der Waals surface area (Å²) in [6.45, 7) is 39.0. The molecule has 0 saturated carbocycles. The van der Waals surface area contributed by atoms with Crippen molar-refractivity contribution in [2.75, 3.05) is 211 Å². The Labute approximate surface area is 809 Å². The van der Waals surface area contributed by atoms with Gasteiger partial charge in [0.05, 0.1) is 51.2 Å². The number of nitrogens with one attached hydrogen (secondary N) is 4. The van der Waals surface area contributed by atoms with Gasteiger partial charge in [0, 0.05) is 180 Å². The third kappa shape index (κ3) is 30.4. The number of aliphatic carboxylic acids is 4. The molecule has 0 unspecified atom stereocenters. The van der Waals surface area contributed by atoms with Gasteiger partial charge in [-0.15, -0.1) is 23.7 Å². The Morgan fingerprint density at radius 2 is 0.615 bits per heavy atom. The fraction of sp³-hybridized carbons (Fsp3) is 0.593. The van der Waals surface area contributed by atoms with Crippen LogP contribution in [0.3, 0.4) is 0 Å². The Morgan fingerprint density at radius 3 is 0.839 bits per heavy atom. The molecule has 6 saturated heterocycles. The number of nitrogens with zero attached hydrogens (tertiary/aromatic N) is 25. The van der Waals surface area contributed by atoms with Crippen LogP contribution in [-0.2, 0) is 92.6 Å². The molecule has 6 fully saturated rings. The third-order valence-electron chi connectivity index (χ3n) is 22.1. The van der Waals surface area contributed by atoms with E-state index < -0.39 is 48.6 Å². The zero-order valence-electron chi connectivity index (χ0n) is 80.7. The molecule has 0 radical (unpaired) electrons. The van der Waals surface area contributed by atoms with Crippen molar-refractivity contribution >= 4 is 128 Å². The van der Waals surface area contributed by atoms with Gasteiger partial charge in [0.25, 0.3) is 28.9 Å². The van der Waals surface area contributed by atoms with E-state index in [2.05, 4.69) is 108 Å². The fourth-order valence-corrected chi connectivity index (χ4v) is 15.0. The molecular formula is C86H113F12N29O16. The van der Waals surface area contributed by atoms with Crippen LogP contribution >= 0.6 is 0 Å². The number of hydrogen-bond donors (Lipinski definition) is 8. The first-order valence-corrected chi connectivity index (χ1v) is 44.6. The molecule has 0 aliphatic carbocycles. The first kappa shape index (κ1) is 115. The number of halogens is 12. The normalized spacial score (nSPS) is 15.8. The maximum atomic E-state index is 13.5. The van der Waals surface area contributed by atoms with Crippen LogP contribution in [0.15, 0.2) is 19.2 Å². The lowest BCUT2D eigenvalue weighted by molar-refractivity contribution is -0.193. The number of piperazine rings is 4. The number of imidazole rings is 4. The molecule has 8 aromatic heterocycles. The minimum atomic E-state index is -5.08. The molecule has 6 aliphatic rings. The van der Waals surface area contributed by atoms with E-state index >= 15 is 0 Å². The summed E-state index contributed by atoms with van der Waals surface area (Å²) in [7, 11) is 10.5. The van der Waals surface area contributed by atoms with Gasteiger partial charge in [-0.2, -0.15) is 92.6 Å². The number of aromatic nitrogens is 16. The van der Waals surface area contributed by atoms with E-state index in [1.54, 1.807) is 81.5 Å². The second-order valence-electron chi connectivity index (χ2n) is 31.7. The molecule has 143 heavy (non-hydrogen) atoms. The van der Waals surface area contributed by atoms with Gasteiger partial charge in [-0.3, -0.25) is 75.0 Å². The predicted octanol–water partition coefficient (Wildman–Crippen LogP) is 3.11. The lowest BCUT2D eigenvalue weighted by Gasteiger charge is -2.32. The minimum Gasteiger partial charge on any atom is -0.475 e. The minimum absolute atomic E-state index is 0.0907. The first-order valence-electron chi connectivity index (χ1n) is 44.6. The Kier molecular flexibility index (Phi) is 42.5. The lowest BCUT2D eigenvalue weighted by atomic mass is 9.98. The molecule has 14 heterocycles. The Morgan fingerprint density at radius 1 is 0.385 bits per heavy atom. The monoisotopic (exact) mass is 2040 g/mol. The van der Waals surface area contributed by atoms with Gasteiger partial charge in [-0.05, 0) is 74.1 Å². The van der Waals surface area contributed by atoms with Gasteiger partial charge in [0.2, 0.25) is 47.6 Å². The number of carbonyl (C=O) groups is 6. The number of fused-ring (bicyclic) bond motifs is 4. The summed E-state index contributed by atoms with van der Waals surface area (Å²) in [6, 6.07) is 0. The van der Waals surface area contributed by atoms with E-state index in [1.807, 2.05) is 60.8 Å². The lowest BCUT2D eigenvalue weighted by Crippen LogP contribution is -2.44. The highest BCUT2D eigenvalue weighted by Gasteiger charge is 2.42. The van der Waals surface area contributed by atoms with Gasteiger partial charge in [-0.1, -0.05) is 23.7 Å². The summed E-state index contributed by atoms with van der Waals surface area (Å²) in [5.74, 6) is 17.1. The number of rotatable bonds is 18. The number of hydrogen-bond acceptors (Lipinski definition) is 32. The van der Waals surface area contributed by atoms with Crippen molar-refractivity contribution in [3.05, 3.63) is 52.8 Å². The topological polar surface area (TPSA) is 491 Å². The maximum Gasteiger partial charge on any atom is 0.490 e. The molecule has 782 valence electrons.